The zero-order chi connectivity index (χ0) is 13.4. The second-order valence-corrected chi connectivity index (χ2v) is 6.49. The van der Waals surface area contributed by atoms with Crippen LogP contribution in [0.3, 0.4) is 0 Å². The van der Waals surface area contributed by atoms with Crippen LogP contribution in [0.25, 0.3) is 0 Å². The Bertz CT molecular complexity index is 457. The number of aromatic hydroxyl groups is 1. The number of nitrogens with zero attached hydrogens (tertiary/aromatic N) is 1. The first-order valence-electron chi connectivity index (χ1n) is 7.71. The van der Waals surface area contributed by atoms with Crippen LogP contribution in [0.15, 0.2) is 18.2 Å². The maximum absolute atomic E-state index is 10.0. The van der Waals surface area contributed by atoms with Gasteiger partial charge in [0.2, 0.25) is 0 Å². The van der Waals surface area contributed by atoms with Crippen molar-refractivity contribution in [3.8, 4) is 5.75 Å². The molecule has 1 fully saturated rings. The Hall–Kier alpha value is -1.02. The fourth-order valence-corrected chi connectivity index (χ4v) is 3.76. The molecule has 0 amide bonds. The van der Waals surface area contributed by atoms with Crippen LogP contribution in [0, 0.1) is 11.8 Å². The van der Waals surface area contributed by atoms with E-state index < -0.39 is 0 Å². The average molecular weight is 259 g/mol. The van der Waals surface area contributed by atoms with Gasteiger partial charge in [-0.1, -0.05) is 26.0 Å². The minimum Gasteiger partial charge on any atom is -0.508 e. The van der Waals surface area contributed by atoms with Gasteiger partial charge in [-0.3, -0.25) is 4.90 Å². The van der Waals surface area contributed by atoms with Gasteiger partial charge in [0.15, 0.2) is 0 Å². The molecule has 0 spiro atoms. The van der Waals surface area contributed by atoms with E-state index in [-0.39, 0.29) is 0 Å². The van der Waals surface area contributed by atoms with Gasteiger partial charge in [0.25, 0.3) is 0 Å². The van der Waals surface area contributed by atoms with Crippen molar-refractivity contribution >= 4 is 0 Å². The van der Waals surface area contributed by atoms with Crippen LogP contribution in [-0.2, 0) is 6.42 Å². The SMILES string of the molecule is CC1CCN(C2CCCc3c(O)cccc32)CC1C. The molecule has 0 radical (unpaired) electrons. The van der Waals surface area contributed by atoms with E-state index in [4.69, 9.17) is 0 Å². The number of likely N-dealkylation sites (tertiary alicyclic amines) is 1. The molecule has 2 heteroatoms. The molecule has 19 heavy (non-hydrogen) atoms. The quantitative estimate of drug-likeness (QED) is 0.830. The van der Waals surface area contributed by atoms with Crippen LogP contribution >= 0.6 is 0 Å². The number of phenolic OH excluding ortho intramolecular Hbond substituents is 1. The van der Waals surface area contributed by atoms with E-state index in [0.29, 0.717) is 11.8 Å². The molecule has 3 atom stereocenters. The Labute approximate surface area is 116 Å². The number of fused-ring (bicyclic) bond motifs is 1. The maximum Gasteiger partial charge on any atom is 0.119 e. The lowest BCUT2D eigenvalue weighted by Gasteiger charge is -2.42. The topological polar surface area (TPSA) is 23.5 Å². The number of hydrogen-bond donors (Lipinski definition) is 1. The van der Waals surface area contributed by atoms with E-state index in [2.05, 4.69) is 24.8 Å². The number of phenols is 1. The molecule has 0 bridgehead atoms. The summed E-state index contributed by atoms with van der Waals surface area (Å²) >= 11 is 0. The van der Waals surface area contributed by atoms with Crippen molar-refractivity contribution in [2.45, 2.75) is 45.6 Å². The van der Waals surface area contributed by atoms with Gasteiger partial charge in [-0.15, -0.1) is 0 Å². The Morgan fingerprint density at radius 2 is 2.00 bits per heavy atom. The summed E-state index contributed by atoms with van der Waals surface area (Å²) in [5, 5.41) is 10.0. The standard InChI is InChI=1S/C17H25NO/c1-12-9-10-18(11-13(12)2)16-7-3-6-15-14(16)5-4-8-17(15)19/h4-5,8,12-13,16,19H,3,6-7,9-11H2,1-2H3. The minimum atomic E-state index is 0.501. The molecule has 2 nitrogen and oxygen atoms in total. The summed E-state index contributed by atoms with van der Waals surface area (Å²) in [6, 6.07) is 6.59. The number of hydrogen-bond acceptors (Lipinski definition) is 2. The molecular weight excluding hydrogens is 234 g/mol. The van der Waals surface area contributed by atoms with Gasteiger partial charge in [0.1, 0.15) is 5.75 Å². The van der Waals surface area contributed by atoms with Gasteiger partial charge < -0.3 is 5.11 Å². The third-order valence-corrected chi connectivity index (χ3v) is 5.26. The van der Waals surface area contributed by atoms with Crippen LogP contribution in [0.1, 0.15) is 50.3 Å². The first kappa shape index (κ1) is 13.0. The molecule has 1 aliphatic carbocycles. The molecular formula is C17H25NO. The van der Waals surface area contributed by atoms with Crippen molar-refractivity contribution in [2.75, 3.05) is 13.1 Å². The summed E-state index contributed by atoms with van der Waals surface area (Å²) in [6.45, 7) is 7.18. The monoisotopic (exact) mass is 259 g/mol. The summed E-state index contributed by atoms with van der Waals surface area (Å²) in [5.41, 5.74) is 2.58. The molecule has 3 rings (SSSR count). The Kier molecular flexibility index (Phi) is 3.53. The third kappa shape index (κ3) is 2.38. The summed E-state index contributed by atoms with van der Waals surface area (Å²) in [7, 11) is 0. The molecule has 1 heterocycles. The fraction of sp³-hybridized carbons (Fsp3) is 0.647. The Balaban J connectivity index is 1.86. The second-order valence-electron chi connectivity index (χ2n) is 6.49. The summed E-state index contributed by atoms with van der Waals surface area (Å²) in [6.07, 6.45) is 4.80. The highest BCUT2D eigenvalue weighted by atomic mass is 16.3. The molecule has 1 saturated heterocycles. The molecule has 3 unspecified atom stereocenters. The van der Waals surface area contributed by atoms with Crippen LogP contribution in [0.4, 0.5) is 0 Å². The van der Waals surface area contributed by atoms with E-state index in [9.17, 15) is 5.11 Å². The molecule has 0 saturated carbocycles. The maximum atomic E-state index is 10.0. The molecule has 1 aromatic carbocycles. The van der Waals surface area contributed by atoms with E-state index >= 15 is 0 Å². The van der Waals surface area contributed by atoms with Crippen molar-refractivity contribution in [1.82, 2.24) is 4.90 Å². The first-order chi connectivity index (χ1) is 9.16. The molecule has 2 aliphatic rings. The fourth-order valence-electron chi connectivity index (χ4n) is 3.76. The average Bonchev–Trinajstić information content (AvgIpc) is 2.42. The van der Waals surface area contributed by atoms with Gasteiger partial charge >= 0.3 is 0 Å². The molecule has 1 aliphatic heterocycles. The largest absolute Gasteiger partial charge is 0.508 e. The van der Waals surface area contributed by atoms with Crippen LogP contribution < -0.4 is 0 Å². The van der Waals surface area contributed by atoms with E-state index in [1.165, 1.54) is 43.5 Å². The number of piperidine rings is 1. The molecule has 0 aromatic heterocycles. The Morgan fingerprint density at radius 1 is 1.16 bits per heavy atom. The van der Waals surface area contributed by atoms with Gasteiger partial charge in [-0.05, 0) is 61.3 Å². The van der Waals surface area contributed by atoms with Gasteiger partial charge in [0.05, 0.1) is 0 Å². The van der Waals surface area contributed by atoms with Crippen molar-refractivity contribution in [1.29, 1.82) is 0 Å². The van der Waals surface area contributed by atoms with Crippen molar-refractivity contribution in [3.05, 3.63) is 29.3 Å². The van der Waals surface area contributed by atoms with Gasteiger partial charge in [-0.2, -0.15) is 0 Å². The number of benzene rings is 1. The second kappa shape index (κ2) is 5.16. The lowest BCUT2D eigenvalue weighted by molar-refractivity contribution is 0.0863. The smallest absolute Gasteiger partial charge is 0.119 e. The van der Waals surface area contributed by atoms with E-state index in [0.717, 1.165) is 18.3 Å². The highest BCUT2D eigenvalue weighted by Gasteiger charge is 2.31. The normalized spacial score (nSPS) is 32.0. The van der Waals surface area contributed by atoms with Crippen molar-refractivity contribution in [2.24, 2.45) is 11.8 Å². The third-order valence-electron chi connectivity index (χ3n) is 5.26. The van der Waals surface area contributed by atoms with Gasteiger partial charge in [-0.25, -0.2) is 0 Å². The zero-order valence-corrected chi connectivity index (χ0v) is 12.1. The predicted octanol–water partition coefficient (Wildman–Crippen LogP) is 3.75. The first-order valence-corrected chi connectivity index (χ1v) is 7.71. The number of rotatable bonds is 1. The van der Waals surface area contributed by atoms with E-state index in [1.54, 1.807) is 0 Å². The van der Waals surface area contributed by atoms with E-state index in [1.807, 2.05) is 12.1 Å². The van der Waals surface area contributed by atoms with Crippen LogP contribution in [-0.4, -0.2) is 23.1 Å². The highest BCUT2D eigenvalue weighted by molar-refractivity contribution is 5.42. The molecule has 1 aromatic rings. The van der Waals surface area contributed by atoms with Crippen LogP contribution in [0.5, 0.6) is 5.75 Å². The highest BCUT2D eigenvalue weighted by Crippen LogP contribution is 2.40. The van der Waals surface area contributed by atoms with Crippen LogP contribution in [0.2, 0.25) is 0 Å². The summed E-state index contributed by atoms with van der Waals surface area (Å²) in [4.78, 5) is 2.65. The Morgan fingerprint density at radius 3 is 2.79 bits per heavy atom. The zero-order valence-electron chi connectivity index (χ0n) is 12.1. The lowest BCUT2D eigenvalue weighted by Crippen LogP contribution is -2.41. The predicted molar refractivity (Wildman–Crippen MR) is 78.3 cm³/mol. The van der Waals surface area contributed by atoms with Gasteiger partial charge in [0, 0.05) is 12.6 Å². The lowest BCUT2D eigenvalue weighted by atomic mass is 9.82. The summed E-state index contributed by atoms with van der Waals surface area (Å²) in [5.74, 6) is 2.14. The minimum absolute atomic E-state index is 0.501. The van der Waals surface area contributed by atoms with Crippen molar-refractivity contribution < 1.29 is 5.11 Å². The molecule has 1 N–H and O–H groups in total. The molecule has 104 valence electrons. The summed E-state index contributed by atoms with van der Waals surface area (Å²) < 4.78 is 0. The van der Waals surface area contributed by atoms with Crippen molar-refractivity contribution in [3.63, 3.8) is 0 Å².